The molecule has 0 unspecified atom stereocenters. The molecule has 0 spiro atoms. The van der Waals surface area contributed by atoms with Crippen molar-refractivity contribution in [3.63, 3.8) is 0 Å². The standard InChI is InChI=1S/C18H26N4O2/c1-13(2)16-14(17(21-23)22-12-19-11-20-22)7-6-8-15(16)24-10-9-18(3,4)5/h6-8,11-13,23H,9-10H2,1-5H3. The maximum Gasteiger partial charge on any atom is 0.201 e. The molecule has 1 heterocycles. The lowest BCUT2D eigenvalue weighted by Gasteiger charge is -2.21. The number of aromatic nitrogens is 3. The van der Waals surface area contributed by atoms with Crippen molar-refractivity contribution in [3.05, 3.63) is 42.0 Å². The van der Waals surface area contributed by atoms with E-state index in [1.54, 1.807) is 0 Å². The number of hydrogen-bond acceptors (Lipinski definition) is 5. The third-order valence-corrected chi connectivity index (χ3v) is 3.72. The van der Waals surface area contributed by atoms with E-state index in [1.165, 1.54) is 17.3 Å². The van der Waals surface area contributed by atoms with E-state index in [0.29, 0.717) is 12.4 Å². The van der Waals surface area contributed by atoms with Crippen LogP contribution < -0.4 is 4.74 Å². The molecule has 6 nitrogen and oxygen atoms in total. The molecule has 130 valence electrons. The van der Waals surface area contributed by atoms with Gasteiger partial charge in [0.2, 0.25) is 5.84 Å². The highest BCUT2D eigenvalue weighted by Gasteiger charge is 2.20. The number of oxime groups is 1. The minimum absolute atomic E-state index is 0.200. The molecule has 0 aliphatic rings. The lowest BCUT2D eigenvalue weighted by molar-refractivity contribution is 0.241. The average Bonchev–Trinajstić information content (AvgIpc) is 3.00. The van der Waals surface area contributed by atoms with Crippen LogP contribution in [0.2, 0.25) is 0 Å². The minimum atomic E-state index is 0.200. The first-order valence-electron chi connectivity index (χ1n) is 8.16. The number of nitrogens with zero attached hydrogens (tertiary/aromatic N) is 4. The summed E-state index contributed by atoms with van der Waals surface area (Å²) in [5.74, 6) is 1.34. The van der Waals surface area contributed by atoms with Crippen LogP contribution in [0.25, 0.3) is 0 Å². The second kappa shape index (κ2) is 7.47. The largest absolute Gasteiger partial charge is 0.493 e. The third-order valence-electron chi connectivity index (χ3n) is 3.72. The Balaban J connectivity index is 2.37. The molecule has 6 heteroatoms. The highest BCUT2D eigenvalue weighted by Crippen LogP contribution is 2.31. The smallest absolute Gasteiger partial charge is 0.201 e. The van der Waals surface area contributed by atoms with E-state index >= 15 is 0 Å². The van der Waals surface area contributed by atoms with E-state index in [4.69, 9.17) is 4.74 Å². The van der Waals surface area contributed by atoms with Gasteiger partial charge in [-0.15, -0.1) is 0 Å². The molecule has 0 radical (unpaired) electrons. The van der Waals surface area contributed by atoms with Crippen molar-refractivity contribution in [2.24, 2.45) is 10.6 Å². The molecule has 2 rings (SSSR count). The molecule has 0 atom stereocenters. The molecule has 0 aliphatic carbocycles. The van der Waals surface area contributed by atoms with Gasteiger partial charge in [0.25, 0.3) is 0 Å². The van der Waals surface area contributed by atoms with Crippen molar-refractivity contribution in [1.82, 2.24) is 14.8 Å². The molecule has 1 N–H and O–H groups in total. The molecule has 2 aromatic rings. The molecule has 0 saturated carbocycles. The van der Waals surface area contributed by atoms with Gasteiger partial charge < -0.3 is 9.94 Å². The van der Waals surface area contributed by atoms with E-state index in [1.807, 2.05) is 18.2 Å². The van der Waals surface area contributed by atoms with Gasteiger partial charge in [0.15, 0.2) is 0 Å². The van der Waals surface area contributed by atoms with Crippen LogP contribution in [0.5, 0.6) is 5.75 Å². The van der Waals surface area contributed by atoms with Crippen molar-refractivity contribution in [1.29, 1.82) is 0 Å². The van der Waals surface area contributed by atoms with E-state index in [2.05, 4.69) is 49.9 Å². The normalized spacial score (nSPS) is 12.7. The quantitative estimate of drug-likeness (QED) is 0.390. The summed E-state index contributed by atoms with van der Waals surface area (Å²) < 4.78 is 7.49. The molecule has 1 aromatic heterocycles. The third kappa shape index (κ3) is 4.34. The van der Waals surface area contributed by atoms with Crippen molar-refractivity contribution < 1.29 is 9.94 Å². The first kappa shape index (κ1) is 18.0. The maximum atomic E-state index is 9.49. The van der Waals surface area contributed by atoms with Crippen LogP contribution in [0.3, 0.4) is 0 Å². The highest BCUT2D eigenvalue weighted by molar-refractivity contribution is 6.01. The summed E-state index contributed by atoms with van der Waals surface area (Å²) >= 11 is 0. The van der Waals surface area contributed by atoms with E-state index < -0.39 is 0 Å². The second-order valence-electron chi connectivity index (χ2n) is 7.29. The van der Waals surface area contributed by atoms with E-state index in [-0.39, 0.29) is 11.3 Å². The second-order valence-corrected chi connectivity index (χ2v) is 7.29. The molecule has 1 aromatic carbocycles. The van der Waals surface area contributed by atoms with Gasteiger partial charge >= 0.3 is 0 Å². The molecule has 0 fully saturated rings. The maximum absolute atomic E-state index is 9.49. The van der Waals surface area contributed by atoms with Crippen molar-refractivity contribution >= 4 is 5.84 Å². The monoisotopic (exact) mass is 330 g/mol. The lowest BCUT2D eigenvalue weighted by Crippen LogP contribution is -2.18. The highest BCUT2D eigenvalue weighted by atomic mass is 16.5. The number of ether oxygens (including phenoxy) is 1. The molecule has 0 saturated heterocycles. The predicted octanol–water partition coefficient (Wildman–Crippen LogP) is 3.90. The summed E-state index contributed by atoms with van der Waals surface area (Å²) in [6, 6.07) is 5.76. The van der Waals surface area contributed by atoms with Crippen LogP contribution >= 0.6 is 0 Å². The number of rotatable bonds is 5. The Hall–Kier alpha value is -2.37. The Labute approximate surface area is 143 Å². The van der Waals surface area contributed by atoms with Crippen LogP contribution in [0.4, 0.5) is 0 Å². The minimum Gasteiger partial charge on any atom is -0.493 e. The van der Waals surface area contributed by atoms with E-state index in [9.17, 15) is 5.21 Å². The van der Waals surface area contributed by atoms with Gasteiger partial charge in [0.05, 0.1) is 6.61 Å². The fraction of sp³-hybridized carbons (Fsp3) is 0.500. The molecular weight excluding hydrogens is 304 g/mol. The predicted molar refractivity (Wildman–Crippen MR) is 93.8 cm³/mol. The van der Waals surface area contributed by atoms with Crippen LogP contribution in [-0.4, -0.2) is 32.4 Å². The Morgan fingerprint density at radius 2 is 2.08 bits per heavy atom. The first-order valence-corrected chi connectivity index (χ1v) is 8.16. The summed E-state index contributed by atoms with van der Waals surface area (Å²) in [5.41, 5.74) is 1.99. The Kier molecular flexibility index (Phi) is 5.59. The molecule has 24 heavy (non-hydrogen) atoms. The van der Waals surface area contributed by atoms with Gasteiger partial charge in [0.1, 0.15) is 18.4 Å². The topological polar surface area (TPSA) is 72.5 Å². The zero-order chi connectivity index (χ0) is 17.7. The Morgan fingerprint density at radius 3 is 2.62 bits per heavy atom. The molecular formula is C18H26N4O2. The summed E-state index contributed by atoms with van der Waals surface area (Å²) in [6.45, 7) is 11.4. The van der Waals surface area contributed by atoms with Crippen molar-refractivity contribution in [2.45, 2.75) is 47.0 Å². The Bertz CT molecular complexity index is 686. The summed E-state index contributed by atoms with van der Waals surface area (Å²) in [7, 11) is 0. The number of benzene rings is 1. The first-order chi connectivity index (χ1) is 11.3. The van der Waals surface area contributed by atoms with Crippen LogP contribution in [0, 0.1) is 5.41 Å². The van der Waals surface area contributed by atoms with Crippen LogP contribution in [0.15, 0.2) is 36.0 Å². The van der Waals surface area contributed by atoms with Gasteiger partial charge in [-0.3, -0.25) is 0 Å². The van der Waals surface area contributed by atoms with Crippen LogP contribution in [0.1, 0.15) is 58.1 Å². The van der Waals surface area contributed by atoms with Crippen molar-refractivity contribution in [3.8, 4) is 5.75 Å². The van der Waals surface area contributed by atoms with E-state index in [0.717, 1.165) is 23.3 Å². The average molecular weight is 330 g/mol. The van der Waals surface area contributed by atoms with Gasteiger partial charge in [0, 0.05) is 11.1 Å². The number of hydrogen-bond donors (Lipinski definition) is 1. The van der Waals surface area contributed by atoms with Gasteiger partial charge in [-0.25, -0.2) is 4.98 Å². The SMILES string of the molecule is CC(C)c1c(OCCC(C)(C)C)cccc1C(=NO)n1cncn1. The Morgan fingerprint density at radius 1 is 1.33 bits per heavy atom. The zero-order valence-electron chi connectivity index (χ0n) is 15.0. The summed E-state index contributed by atoms with van der Waals surface area (Å²) in [5, 5.41) is 17.0. The molecule has 0 amide bonds. The van der Waals surface area contributed by atoms with Crippen LogP contribution in [-0.2, 0) is 0 Å². The molecule has 0 bridgehead atoms. The van der Waals surface area contributed by atoms with Crippen molar-refractivity contribution in [2.75, 3.05) is 6.61 Å². The fourth-order valence-electron chi connectivity index (χ4n) is 2.47. The fourth-order valence-corrected chi connectivity index (χ4v) is 2.47. The lowest BCUT2D eigenvalue weighted by atomic mass is 9.93. The van der Waals surface area contributed by atoms with Gasteiger partial charge in [-0.1, -0.05) is 51.9 Å². The zero-order valence-corrected chi connectivity index (χ0v) is 15.0. The van der Waals surface area contributed by atoms with Gasteiger partial charge in [-0.05, 0) is 23.8 Å². The molecule has 0 aliphatic heterocycles. The summed E-state index contributed by atoms with van der Waals surface area (Å²) in [6.07, 6.45) is 3.87. The van der Waals surface area contributed by atoms with Gasteiger partial charge in [-0.2, -0.15) is 9.78 Å². The summed E-state index contributed by atoms with van der Waals surface area (Å²) in [4.78, 5) is 3.92.